The topological polar surface area (TPSA) is 82.8 Å². The van der Waals surface area contributed by atoms with Gasteiger partial charge in [0.15, 0.2) is 5.13 Å². The van der Waals surface area contributed by atoms with Crippen LogP contribution < -0.4 is 10.6 Å². The normalized spacial score (nSPS) is 16.0. The molecule has 1 aliphatic heterocycles. The summed E-state index contributed by atoms with van der Waals surface area (Å²) in [5, 5.41) is 0.719. The summed E-state index contributed by atoms with van der Waals surface area (Å²) in [5.74, 6) is -0.00964. The van der Waals surface area contributed by atoms with Crippen LogP contribution >= 0.6 is 11.3 Å². The summed E-state index contributed by atoms with van der Waals surface area (Å²) in [6.07, 6.45) is 0.772. The van der Waals surface area contributed by atoms with Crippen LogP contribution in [0.3, 0.4) is 0 Å². The highest BCUT2D eigenvalue weighted by Gasteiger charge is 2.27. The molecule has 1 fully saturated rings. The summed E-state index contributed by atoms with van der Waals surface area (Å²) < 4.78 is 0. The standard InChI is InChI=1S/C13H21N5O2S/c1-4-16(2)13-15-11(14)10(21-13)12(20)18-7-5-6-17(3)9(19)8-18/h4-8,14H2,1-3H3. The van der Waals surface area contributed by atoms with Gasteiger partial charge >= 0.3 is 0 Å². The molecular weight excluding hydrogens is 290 g/mol. The zero-order valence-corrected chi connectivity index (χ0v) is 13.4. The Morgan fingerprint density at radius 3 is 2.86 bits per heavy atom. The second kappa shape index (κ2) is 6.30. The van der Waals surface area contributed by atoms with Crippen molar-refractivity contribution in [2.45, 2.75) is 13.3 Å². The maximum Gasteiger partial charge on any atom is 0.268 e. The van der Waals surface area contributed by atoms with Crippen molar-refractivity contribution in [3.63, 3.8) is 0 Å². The van der Waals surface area contributed by atoms with E-state index in [0.717, 1.165) is 18.1 Å². The second-order valence-corrected chi connectivity index (χ2v) is 6.10. The number of nitrogen functional groups attached to an aromatic ring is 1. The number of hydrogen-bond donors (Lipinski definition) is 1. The molecule has 0 atom stereocenters. The minimum absolute atomic E-state index is 0.0464. The summed E-state index contributed by atoms with van der Waals surface area (Å²) >= 11 is 1.28. The Kier molecular flexibility index (Phi) is 4.66. The average molecular weight is 311 g/mol. The van der Waals surface area contributed by atoms with Crippen LogP contribution in [-0.2, 0) is 4.79 Å². The Hall–Kier alpha value is -1.83. The minimum atomic E-state index is -0.204. The van der Waals surface area contributed by atoms with Crippen LogP contribution in [0.1, 0.15) is 23.0 Å². The van der Waals surface area contributed by atoms with Crippen LogP contribution in [0.15, 0.2) is 0 Å². The molecule has 0 saturated carbocycles. The summed E-state index contributed by atoms with van der Waals surface area (Å²) in [6.45, 7) is 4.12. The molecule has 2 amide bonds. The quantitative estimate of drug-likeness (QED) is 0.878. The fraction of sp³-hybridized carbons (Fsp3) is 0.615. The number of nitrogens with zero attached hydrogens (tertiary/aromatic N) is 4. The largest absolute Gasteiger partial charge is 0.382 e. The number of amides is 2. The third-order valence-electron chi connectivity index (χ3n) is 3.60. The van der Waals surface area contributed by atoms with E-state index in [-0.39, 0.29) is 24.2 Å². The average Bonchev–Trinajstić information content (AvgIpc) is 2.77. The van der Waals surface area contributed by atoms with E-state index in [2.05, 4.69) is 4.98 Å². The molecule has 1 aromatic rings. The van der Waals surface area contributed by atoms with Gasteiger partial charge in [-0.3, -0.25) is 9.59 Å². The lowest BCUT2D eigenvalue weighted by Crippen LogP contribution is -2.37. The van der Waals surface area contributed by atoms with Gasteiger partial charge in [-0.1, -0.05) is 11.3 Å². The van der Waals surface area contributed by atoms with Gasteiger partial charge in [0, 0.05) is 33.7 Å². The first-order chi connectivity index (χ1) is 9.93. The van der Waals surface area contributed by atoms with E-state index in [9.17, 15) is 9.59 Å². The predicted molar refractivity (Wildman–Crippen MR) is 83.6 cm³/mol. The number of hydrogen-bond acceptors (Lipinski definition) is 6. The minimum Gasteiger partial charge on any atom is -0.382 e. The van der Waals surface area contributed by atoms with Gasteiger partial charge in [-0.15, -0.1) is 0 Å². The van der Waals surface area contributed by atoms with Crippen molar-refractivity contribution in [1.82, 2.24) is 14.8 Å². The lowest BCUT2D eigenvalue weighted by Gasteiger charge is -2.19. The molecule has 0 aliphatic carbocycles. The Morgan fingerprint density at radius 2 is 2.19 bits per heavy atom. The highest BCUT2D eigenvalue weighted by molar-refractivity contribution is 7.18. The molecule has 1 aliphatic rings. The molecule has 21 heavy (non-hydrogen) atoms. The van der Waals surface area contributed by atoms with Crippen LogP contribution in [0.4, 0.5) is 10.9 Å². The van der Waals surface area contributed by atoms with Crippen molar-refractivity contribution in [2.75, 3.05) is 50.9 Å². The molecule has 2 N–H and O–H groups in total. The Bertz CT molecular complexity index is 545. The summed E-state index contributed by atoms with van der Waals surface area (Å²) in [7, 11) is 3.66. The van der Waals surface area contributed by atoms with Crippen molar-refractivity contribution in [2.24, 2.45) is 0 Å². The molecule has 1 saturated heterocycles. The first kappa shape index (κ1) is 15.6. The van der Waals surface area contributed by atoms with Gasteiger partial charge in [0.25, 0.3) is 5.91 Å². The third-order valence-corrected chi connectivity index (χ3v) is 4.77. The molecule has 1 aromatic heterocycles. The van der Waals surface area contributed by atoms with Crippen molar-refractivity contribution in [3.8, 4) is 0 Å². The summed E-state index contributed by atoms with van der Waals surface area (Å²) in [5.41, 5.74) is 5.87. The zero-order valence-electron chi connectivity index (χ0n) is 12.6. The third kappa shape index (κ3) is 3.26. The van der Waals surface area contributed by atoms with Gasteiger partial charge < -0.3 is 20.4 Å². The fourth-order valence-electron chi connectivity index (χ4n) is 2.08. The van der Waals surface area contributed by atoms with Crippen LogP contribution in [0, 0.1) is 0 Å². The molecule has 7 nitrogen and oxygen atoms in total. The number of anilines is 2. The highest BCUT2D eigenvalue weighted by atomic mass is 32.1. The summed E-state index contributed by atoms with van der Waals surface area (Å²) in [4.78, 5) is 34.3. The van der Waals surface area contributed by atoms with E-state index in [1.54, 1.807) is 16.8 Å². The van der Waals surface area contributed by atoms with Crippen molar-refractivity contribution in [3.05, 3.63) is 4.88 Å². The number of carbonyl (C=O) groups excluding carboxylic acids is 2. The first-order valence-electron chi connectivity index (χ1n) is 6.94. The number of aromatic nitrogens is 1. The van der Waals surface area contributed by atoms with Crippen LogP contribution in [0.5, 0.6) is 0 Å². The number of nitrogens with two attached hydrogens (primary N) is 1. The first-order valence-corrected chi connectivity index (χ1v) is 7.76. The van der Waals surface area contributed by atoms with E-state index < -0.39 is 0 Å². The summed E-state index contributed by atoms with van der Waals surface area (Å²) in [6, 6.07) is 0. The molecule has 2 heterocycles. The van der Waals surface area contributed by atoms with E-state index in [1.165, 1.54) is 11.3 Å². The molecule has 0 unspecified atom stereocenters. The molecule has 8 heteroatoms. The SMILES string of the molecule is CCN(C)c1nc(N)c(C(=O)N2CCCN(C)C(=O)C2)s1. The highest BCUT2D eigenvalue weighted by Crippen LogP contribution is 2.28. The lowest BCUT2D eigenvalue weighted by molar-refractivity contribution is -0.129. The zero-order chi connectivity index (χ0) is 15.6. The number of rotatable bonds is 3. The number of carbonyl (C=O) groups is 2. The van der Waals surface area contributed by atoms with Gasteiger partial charge in [-0.2, -0.15) is 0 Å². The molecule has 0 radical (unpaired) electrons. The molecule has 0 aromatic carbocycles. The van der Waals surface area contributed by atoms with E-state index in [0.29, 0.717) is 18.0 Å². The maximum absolute atomic E-state index is 12.6. The lowest BCUT2D eigenvalue weighted by atomic mass is 10.3. The molecule has 2 rings (SSSR count). The Morgan fingerprint density at radius 1 is 1.48 bits per heavy atom. The molecule has 0 spiro atoms. The van der Waals surface area contributed by atoms with Gasteiger partial charge in [-0.25, -0.2) is 4.98 Å². The van der Waals surface area contributed by atoms with Gasteiger partial charge in [0.05, 0.1) is 0 Å². The van der Waals surface area contributed by atoms with E-state index >= 15 is 0 Å². The predicted octanol–water partition coefficient (Wildman–Crippen LogP) is 0.486. The molecule has 0 bridgehead atoms. The van der Waals surface area contributed by atoms with Gasteiger partial charge in [0.2, 0.25) is 5.91 Å². The van der Waals surface area contributed by atoms with Gasteiger partial charge in [-0.05, 0) is 13.3 Å². The van der Waals surface area contributed by atoms with Crippen molar-refractivity contribution >= 4 is 34.1 Å². The second-order valence-electron chi connectivity index (χ2n) is 5.12. The van der Waals surface area contributed by atoms with Gasteiger partial charge in [0.1, 0.15) is 17.2 Å². The maximum atomic E-state index is 12.6. The van der Waals surface area contributed by atoms with E-state index in [4.69, 9.17) is 5.73 Å². The van der Waals surface area contributed by atoms with Crippen LogP contribution in [0.2, 0.25) is 0 Å². The molecular formula is C13H21N5O2S. The monoisotopic (exact) mass is 311 g/mol. The smallest absolute Gasteiger partial charge is 0.268 e. The number of likely N-dealkylation sites (N-methyl/N-ethyl adjacent to an activating group) is 1. The van der Waals surface area contributed by atoms with Crippen molar-refractivity contribution < 1.29 is 9.59 Å². The van der Waals surface area contributed by atoms with Crippen molar-refractivity contribution in [1.29, 1.82) is 0 Å². The van der Waals surface area contributed by atoms with Crippen LogP contribution in [-0.4, -0.2) is 66.9 Å². The van der Waals surface area contributed by atoms with E-state index in [1.807, 2.05) is 18.9 Å². The fourth-order valence-corrected chi connectivity index (χ4v) is 3.05. The number of thiazole rings is 1. The molecule has 116 valence electrons. The van der Waals surface area contributed by atoms with Crippen LogP contribution in [0.25, 0.3) is 0 Å². The Labute approximate surface area is 128 Å². The Balaban J connectivity index is 2.19.